The van der Waals surface area contributed by atoms with Gasteiger partial charge in [0.15, 0.2) is 0 Å². The number of likely N-dealkylation sites (N-methyl/N-ethyl adjacent to an activating group) is 1. The largest absolute Gasteiger partial charge is 0.358 e. The van der Waals surface area contributed by atoms with Crippen LogP contribution in [0.2, 0.25) is 0 Å². The third-order valence-electron chi connectivity index (χ3n) is 6.80. The zero-order valence-electron chi connectivity index (χ0n) is 17.5. The van der Waals surface area contributed by atoms with Gasteiger partial charge >= 0.3 is 0 Å². The normalized spacial score (nSPS) is 21.8. The Bertz CT molecular complexity index is 1040. The summed E-state index contributed by atoms with van der Waals surface area (Å²) in [6.45, 7) is 1.75. The Morgan fingerprint density at radius 2 is 1.67 bits per heavy atom. The van der Waals surface area contributed by atoms with Crippen LogP contribution in [0.3, 0.4) is 0 Å². The third-order valence-corrected chi connectivity index (χ3v) is 6.80. The zero-order valence-corrected chi connectivity index (χ0v) is 17.5. The number of rotatable bonds is 5. The number of likely N-dealkylation sites (tertiary alicyclic amines) is 1. The summed E-state index contributed by atoms with van der Waals surface area (Å²) in [5, 5.41) is 9.16. The Morgan fingerprint density at radius 3 is 2.40 bits per heavy atom. The Kier molecular flexibility index (Phi) is 5.28. The van der Waals surface area contributed by atoms with Gasteiger partial charge < -0.3 is 10.6 Å². The van der Waals surface area contributed by atoms with Gasteiger partial charge in [0.1, 0.15) is 0 Å². The van der Waals surface area contributed by atoms with Crippen molar-refractivity contribution in [1.82, 2.24) is 15.5 Å². The maximum absolute atomic E-state index is 12.6. The quantitative estimate of drug-likeness (QED) is 0.692. The first-order valence-electron chi connectivity index (χ1n) is 11.0. The van der Waals surface area contributed by atoms with E-state index in [9.17, 15) is 4.79 Å². The summed E-state index contributed by atoms with van der Waals surface area (Å²) in [7, 11) is 1.75. The van der Waals surface area contributed by atoms with Crippen LogP contribution in [0.4, 0.5) is 0 Å². The topological polar surface area (TPSA) is 44.4 Å². The molecule has 0 saturated carbocycles. The highest BCUT2D eigenvalue weighted by atomic mass is 16.2. The zero-order chi connectivity index (χ0) is 20.5. The van der Waals surface area contributed by atoms with E-state index in [1.807, 2.05) is 0 Å². The molecule has 4 heteroatoms. The van der Waals surface area contributed by atoms with Crippen molar-refractivity contribution in [3.8, 4) is 0 Å². The second-order valence-electron chi connectivity index (χ2n) is 8.65. The van der Waals surface area contributed by atoms with Crippen molar-refractivity contribution < 1.29 is 4.79 Å². The molecule has 1 aliphatic heterocycles. The van der Waals surface area contributed by atoms with E-state index in [-0.39, 0.29) is 11.9 Å². The fraction of sp³-hybridized carbons (Fsp3) is 0.346. The smallest absolute Gasteiger partial charge is 0.237 e. The van der Waals surface area contributed by atoms with Gasteiger partial charge in [-0.2, -0.15) is 0 Å². The van der Waals surface area contributed by atoms with Crippen LogP contribution in [-0.2, 0) is 24.2 Å². The molecule has 1 saturated heterocycles. The minimum absolute atomic E-state index is 0.0524. The first-order chi connectivity index (χ1) is 14.7. The summed E-state index contributed by atoms with van der Waals surface area (Å²) >= 11 is 0. The van der Waals surface area contributed by atoms with Crippen LogP contribution in [-0.4, -0.2) is 42.5 Å². The second-order valence-corrected chi connectivity index (χ2v) is 8.65. The van der Waals surface area contributed by atoms with E-state index in [0.29, 0.717) is 12.1 Å². The number of carbonyl (C=O) groups is 1. The highest BCUT2D eigenvalue weighted by molar-refractivity contribution is 5.83. The molecule has 2 atom stereocenters. The van der Waals surface area contributed by atoms with Crippen LogP contribution in [0.1, 0.15) is 23.1 Å². The molecule has 1 amide bonds. The first-order valence-corrected chi connectivity index (χ1v) is 11.0. The fourth-order valence-corrected chi connectivity index (χ4v) is 5.22. The molecule has 2 aliphatic rings. The monoisotopic (exact) mass is 399 g/mol. The summed E-state index contributed by atoms with van der Waals surface area (Å²) < 4.78 is 0. The van der Waals surface area contributed by atoms with E-state index in [4.69, 9.17) is 0 Å². The van der Waals surface area contributed by atoms with Gasteiger partial charge in [-0.3, -0.25) is 9.69 Å². The molecule has 4 nitrogen and oxygen atoms in total. The van der Waals surface area contributed by atoms with Crippen LogP contribution < -0.4 is 10.6 Å². The average molecular weight is 400 g/mol. The molecule has 1 fully saturated rings. The van der Waals surface area contributed by atoms with Gasteiger partial charge in [0.2, 0.25) is 5.91 Å². The minimum Gasteiger partial charge on any atom is -0.358 e. The summed E-state index contributed by atoms with van der Waals surface area (Å²) in [6, 6.07) is 24.5. The van der Waals surface area contributed by atoms with Gasteiger partial charge in [-0.25, -0.2) is 0 Å². The molecular formula is C26H29N3O. The Balaban J connectivity index is 1.27. The molecule has 1 aliphatic carbocycles. The van der Waals surface area contributed by atoms with E-state index in [1.54, 1.807) is 7.05 Å². The van der Waals surface area contributed by atoms with E-state index in [2.05, 4.69) is 82.3 Å². The lowest BCUT2D eigenvalue weighted by molar-refractivity contribution is -0.125. The van der Waals surface area contributed by atoms with Gasteiger partial charge in [0, 0.05) is 32.2 Å². The predicted molar refractivity (Wildman–Crippen MR) is 121 cm³/mol. The molecule has 3 aromatic rings. The number of benzene rings is 3. The Hall–Kier alpha value is -2.69. The van der Waals surface area contributed by atoms with Crippen molar-refractivity contribution in [3.63, 3.8) is 0 Å². The van der Waals surface area contributed by atoms with Crippen molar-refractivity contribution in [2.45, 2.75) is 43.9 Å². The minimum atomic E-state index is -0.0524. The van der Waals surface area contributed by atoms with Gasteiger partial charge in [0.05, 0.1) is 6.04 Å². The van der Waals surface area contributed by atoms with Crippen LogP contribution in [0.25, 0.3) is 10.8 Å². The number of amides is 1. The van der Waals surface area contributed by atoms with E-state index in [1.165, 1.54) is 27.5 Å². The third kappa shape index (κ3) is 3.73. The van der Waals surface area contributed by atoms with E-state index in [0.717, 1.165) is 32.4 Å². The number of fused-ring (bicyclic) bond motifs is 2. The molecule has 0 bridgehead atoms. The average Bonchev–Trinajstić information content (AvgIpc) is 3.41. The second kappa shape index (κ2) is 8.21. The van der Waals surface area contributed by atoms with Gasteiger partial charge in [-0.1, -0.05) is 60.7 Å². The van der Waals surface area contributed by atoms with Crippen LogP contribution in [0.15, 0.2) is 66.7 Å². The summed E-state index contributed by atoms with van der Waals surface area (Å²) in [4.78, 5) is 15.1. The predicted octanol–water partition coefficient (Wildman–Crippen LogP) is 3.29. The number of nitrogens with one attached hydrogen (secondary N) is 2. The maximum Gasteiger partial charge on any atom is 0.237 e. The number of carbonyl (C=O) groups excluding carboxylic acids is 1. The number of hydrogen-bond acceptors (Lipinski definition) is 3. The van der Waals surface area contributed by atoms with Crippen molar-refractivity contribution in [3.05, 3.63) is 83.4 Å². The van der Waals surface area contributed by atoms with Gasteiger partial charge in [-0.15, -0.1) is 0 Å². The Labute approximate surface area is 178 Å². The fourth-order valence-electron chi connectivity index (χ4n) is 5.22. The molecule has 30 heavy (non-hydrogen) atoms. The van der Waals surface area contributed by atoms with E-state index >= 15 is 0 Å². The molecule has 154 valence electrons. The molecule has 2 N–H and O–H groups in total. The summed E-state index contributed by atoms with van der Waals surface area (Å²) in [6.07, 6.45) is 2.95. The molecule has 0 radical (unpaired) electrons. The Morgan fingerprint density at radius 1 is 0.967 bits per heavy atom. The standard InChI is InChI=1S/C26H29N3O/c1-27-26(30)25-15-23(17-29(25)24-13-21-8-4-5-9-22(21)14-24)28-16-18-10-11-19-6-2-3-7-20(19)12-18/h2-12,23-25,28H,13-17H2,1H3,(H,27,30)/t23-,25+/m1/s1. The lowest BCUT2D eigenvalue weighted by Crippen LogP contribution is -2.47. The highest BCUT2D eigenvalue weighted by Gasteiger charge is 2.41. The van der Waals surface area contributed by atoms with Crippen molar-refractivity contribution in [2.24, 2.45) is 0 Å². The number of hydrogen-bond donors (Lipinski definition) is 2. The van der Waals surface area contributed by atoms with Gasteiger partial charge in [-0.05, 0) is 52.8 Å². The lowest BCUT2D eigenvalue weighted by atomic mass is 10.1. The molecule has 1 heterocycles. The van der Waals surface area contributed by atoms with Crippen LogP contribution in [0.5, 0.6) is 0 Å². The van der Waals surface area contributed by atoms with Crippen LogP contribution >= 0.6 is 0 Å². The summed E-state index contributed by atoms with van der Waals surface area (Å²) in [5.41, 5.74) is 4.16. The molecule has 3 aromatic carbocycles. The first kappa shape index (κ1) is 19.3. The van der Waals surface area contributed by atoms with Crippen molar-refractivity contribution in [2.75, 3.05) is 13.6 Å². The van der Waals surface area contributed by atoms with Crippen LogP contribution in [0, 0.1) is 0 Å². The van der Waals surface area contributed by atoms with Gasteiger partial charge in [0.25, 0.3) is 0 Å². The molecule has 5 rings (SSSR count). The molecule has 0 aromatic heterocycles. The highest BCUT2D eigenvalue weighted by Crippen LogP contribution is 2.31. The SMILES string of the molecule is CNC(=O)[C@@H]1C[C@@H](NCc2ccc3ccccc3c2)CN1C1Cc2ccccc2C1. The van der Waals surface area contributed by atoms with Crippen molar-refractivity contribution in [1.29, 1.82) is 0 Å². The maximum atomic E-state index is 12.6. The van der Waals surface area contributed by atoms with Crippen molar-refractivity contribution >= 4 is 16.7 Å². The molecule has 0 spiro atoms. The summed E-state index contributed by atoms with van der Waals surface area (Å²) in [5.74, 6) is 0.140. The lowest BCUT2D eigenvalue weighted by Gasteiger charge is -2.29. The molecule has 0 unspecified atom stereocenters. The molecular weight excluding hydrogens is 370 g/mol. The number of nitrogens with zero attached hydrogens (tertiary/aromatic N) is 1. The van der Waals surface area contributed by atoms with E-state index < -0.39 is 0 Å².